The van der Waals surface area contributed by atoms with Gasteiger partial charge in [0.2, 0.25) is 0 Å². The Morgan fingerprint density at radius 2 is 2.23 bits per heavy atom. The van der Waals surface area contributed by atoms with Gasteiger partial charge in [-0.25, -0.2) is 4.98 Å². The molecule has 0 saturated carbocycles. The average Bonchev–Trinajstić information content (AvgIpc) is 2.06. The van der Waals surface area contributed by atoms with Gasteiger partial charge >= 0.3 is 0 Å². The molecule has 1 heterocycles. The number of hydrogen-bond acceptors (Lipinski definition) is 1. The highest BCUT2D eigenvalue weighted by atomic mass is 127. The van der Waals surface area contributed by atoms with Crippen LogP contribution in [0.15, 0.2) is 10.7 Å². The first-order chi connectivity index (χ1) is 6.02. The number of nitrogens with zero attached hydrogens (tertiary/aromatic N) is 1. The van der Waals surface area contributed by atoms with Gasteiger partial charge in [0.25, 0.3) is 0 Å². The van der Waals surface area contributed by atoms with Crippen molar-refractivity contribution in [2.75, 3.05) is 0 Å². The zero-order valence-electron chi connectivity index (χ0n) is 7.37. The Hall–Kier alpha value is 0.650. The summed E-state index contributed by atoms with van der Waals surface area (Å²) < 4.78 is 2.05. The van der Waals surface area contributed by atoms with E-state index in [9.17, 15) is 0 Å². The lowest BCUT2D eigenvalue weighted by Crippen LogP contribution is -1.97. The molecule has 13 heavy (non-hydrogen) atoms. The lowest BCUT2D eigenvalue weighted by Gasteiger charge is -2.08. The molecular weight excluding hydrogens is 364 g/mol. The normalized spacial score (nSPS) is 10.9. The SMILES string of the molecule is C[C](C)Cc1cnc(Cl)c(Br)c1I. The average molecular weight is 373 g/mol. The summed E-state index contributed by atoms with van der Waals surface area (Å²) in [5.74, 6) is 1.37. The lowest BCUT2D eigenvalue weighted by molar-refractivity contribution is 0.940. The van der Waals surface area contributed by atoms with Gasteiger partial charge in [0.15, 0.2) is 0 Å². The second kappa shape index (κ2) is 4.94. The van der Waals surface area contributed by atoms with Crippen LogP contribution in [-0.2, 0) is 6.42 Å². The standard InChI is InChI=1S/C9H9BrClIN/c1-5(2)3-6-4-13-9(11)7(10)8(6)12/h4H,3H2,1-2H3. The van der Waals surface area contributed by atoms with E-state index in [-0.39, 0.29) is 0 Å². The molecule has 0 aliphatic rings. The first-order valence-electron chi connectivity index (χ1n) is 3.79. The van der Waals surface area contributed by atoms with Crippen LogP contribution in [0.25, 0.3) is 0 Å². The molecule has 0 aliphatic carbocycles. The number of halogens is 3. The first kappa shape index (κ1) is 11.7. The number of rotatable bonds is 2. The lowest BCUT2D eigenvalue weighted by atomic mass is 10.1. The van der Waals surface area contributed by atoms with E-state index in [1.807, 2.05) is 6.20 Å². The molecule has 0 aromatic carbocycles. The van der Waals surface area contributed by atoms with Crippen molar-refractivity contribution in [3.63, 3.8) is 0 Å². The third kappa shape index (κ3) is 3.06. The fourth-order valence-corrected chi connectivity index (χ4v) is 2.23. The minimum Gasteiger partial charge on any atom is -0.243 e. The fraction of sp³-hybridized carbons (Fsp3) is 0.333. The van der Waals surface area contributed by atoms with Gasteiger partial charge in [-0.1, -0.05) is 25.4 Å². The highest BCUT2D eigenvalue weighted by Crippen LogP contribution is 2.29. The van der Waals surface area contributed by atoms with E-state index < -0.39 is 0 Å². The van der Waals surface area contributed by atoms with E-state index in [0.29, 0.717) is 5.15 Å². The zero-order chi connectivity index (χ0) is 10.0. The topological polar surface area (TPSA) is 12.9 Å². The monoisotopic (exact) mass is 372 g/mol. The molecule has 0 saturated heterocycles. The molecule has 0 aliphatic heterocycles. The van der Waals surface area contributed by atoms with E-state index in [1.54, 1.807) is 0 Å². The Bertz CT molecular complexity index is 315. The predicted octanol–water partition coefficient (Wildman–Crippen LogP) is 4.26. The molecule has 0 atom stereocenters. The van der Waals surface area contributed by atoms with Crippen molar-refractivity contribution in [3.05, 3.63) is 30.9 Å². The van der Waals surface area contributed by atoms with E-state index in [0.717, 1.165) is 14.5 Å². The molecule has 1 aromatic heterocycles. The van der Waals surface area contributed by atoms with E-state index in [4.69, 9.17) is 11.6 Å². The second-order valence-electron chi connectivity index (χ2n) is 3.09. The van der Waals surface area contributed by atoms with Gasteiger partial charge in [-0.05, 0) is 56.4 Å². The van der Waals surface area contributed by atoms with Crippen molar-refractivity contribution in [2.24, 2.45) is 0 Å². The summed E-state index contributed by atoms with van der Waals surface area (Å²) >= 11 is 11.5. The van der Waals surface area contributed by atoms with Gasteiger partial charge in [0, 0.05) is 9.77 Å². The summed E-state index contributed by atoms with van der Waals surface area (Å²) in [5.41, 5.74) is 1.22. The summed E-state index contributed by atoms with van der Waals surface area (Å²) in [7, 11) is 0. The van der Waals surface area contributed by atoms with Gasteiger partial charge < -0.3 is 0 Å². The van der Waals surface area contributed by atoms with Crippen molar-refractivity contribution in [2.45, 2.75) is 20.3 Å². The van der Waals surface area contributed by atoms with Crippen LogP contribution in [-0.4, -0.2) is 4.98 Å². The van der Waals surface area contributed by atoms with Crippen molar-refractivity contribution in [3.8, 4) is 0 Å². The fourth-order valence-electron chi connectivity index (χ4n) is 0.984. The Balaban J connectivity index is 3.04. The minimum atomic E-state index is 0.530. The molecule has 1 nitrogen and oxygen atoms in total. The summed E-state index contributed by atoms with van der Waals surface area (Å²) in [5, 5.41) is 0.530. The molecule has 0 N–H and O–H groups in total. The third-order valence-electron chi connectivity index (χ3n) is 1.53. The van der Waals surface area contributed by atoms with Crippen molar-refractivity contribution in [1.29, 1.82) is 0 Å². The van der Waals surface area contributed by atoms with Gasteiger partial charge in [0.05, 0.1) is 4.47 Å². The molecule has 0 bridgehead atoms. The number of pyridine rings is 1. The van der Waals surface area contributed by atoms with E-state index in [1.165, 1.54) is 11.5 Å². The van der Waals surface area contributed by atoms with Crippen LogP contribution < -0.4 is 0 Å². The Morgan fingerprint density at radius 3 is 2.77 bits per heavy atom. The van der Waals surface area contributed by atoms with Gasteiger partial charge in [-0.3, -0.25) is 0 Å². The summed E-state index contributed by atoms with van der Waals surface area (Å²) in [6, 6.07) is 0. The number of aromatic nitrogens is 1. The maximum absolute atomic E-state index is 5.85. The molecule has 0 spiro atoms. The maximum atomic E-state index is 5.85. The molecule has 0 unspecified atom stereocenters. The summed E-state index contributed by atoms with van der Waals surface area (Å²) in [4.78, 5) is 4.09. The van der Waals surface area contributed by atoms with Crippen molar-refractivity contribution in [1.82, 2.24) is 4.98 Å². The molecule has 0 fully saturated rings. The smallest absolute Gasteiger partial charge is 0.144 e. The van der Waals surface area contributed by atoms with Crippen molar-refractivity contribution < 1.29 is 0 Å². The Morgan fingerprint density at radius 1 is 1.62 bits per heavy atom. The largest absolute Gasteiger partial charge is 0.243 e. The third-order valence-corrected chi connectivity index (χ3v) is 4.79. The van der Waals surface area contributed by atoms with Gasteiger partial charge in [0.1, 0.15) is 5.15 Å². The van der Waals surface area contributed by atoms with Crippen LogP contribution in [0.4, 0.5) is 0 Å². The number of hydrogen-bond donors (Lipinski definition) is 0. The van der Waals surface area contributed by atoms with Gasteiger partial charge in [-0.2, -0.15) is 0 Å². The zero-order valence-corrected chi connectivity index (χ0v) is 11.9. The van der Waals surface area contributed by atoms with Crippen LogP contribution >= 0.6 is 50.1 Å². The second-order valence-corrected chi connectivity index (χ2v) is 5.32. The van der Waals surface area contributed by atoms with Crippen LogP contribution in [0.1, 0.15) is 19.4 Å². The minimum absolute atomic E-state index is 0.530. The van der Waals surface area contributed by atoms with Crippen LogP contribution in [0.2, 0.25) is 5.15 Å². The van der Waals surface area contributed by atoms with Crippen molar-refractivity contribution >= 4 is 50.1 Å². The highest BCUT2D eigenvalue weighted by Gasteiger charge is 2.09. The molecule has 0 amide bonds. The molecule has 4 heteroatoms. The summed E-state index contributed by atoms with van der Waals surface area (Å²) in [6.07, 6.45) is 2.79. The molecule has 1 aromatic rings. The van der Waals surface area contributed by atoms with Crippen LogP contribution in [0.3, 0.4) is 0 Å². The molecule has 71 valence electrons. The van der Waals surface area contributed by atoms with E-state index >= 15 is 0 Å². The predicted molar refractivity (Wildman–Crippen MR) is 68.0 cm³/mol. The van der Waals surface area contributed by atoms with Crippen LogP contribution in [0.5, 0.6) is 0 Å². The molecular formula is C9H9BrClIN. The highest BCUT2D eigenvalue weighted by molar-refractivity contribution is 14.1. The Kier molecular flexibility index (Phi) is 4.45. The maximum Gasteiger partial charge on any atom is 0.144 e. The van der Waals surface area contributed by atoms with E-state index in [2.05, 4.69) is 57.4 Å². The van der Waals surface area contributed by atoms with Crippen LogP contribution in [0, 0.1) is 9.49 Å². The quantitative estimate of drug-likeness (QED) is 0.558. The summed E-state index contributed by atoms with van der Waals surface area (Å²) in [6.45, 7) is 4.22. The Labute approximate surface area is 106 Å². The first-order valence-corrected chi connectivity index (χ1v) is 6.04. The molecule has 1 radical (unpaired) electrons. The van der Waals surface area contributed by atoms with Gasteiger partial charge in [-0.15, -0.1) is 0 Å². The molecule has 1 rings (SSSR count).